The highest BCUT2D eigenvalue weighted by Gasteiger charge is 2.53. The van der Waals surface area contributed by atoms with Crippen molar-refractivity contribution in [3.05, 3.63) is 0 Å². The van der Waals surface area contributed by atoms with E-state index in [0.717, 1.165) is 6.42 Å². The van der Waals surface area contributed by atoms with Crippen LogP contribution in [0.4, 0.5) is 0 Å². The Morgan fingerprint density at radius 2 is 1.38 bits per heavy atom. The molecule has 0 amide bonds. The third-order valence-electron chi connectivity index (χ3n) is 2.36. The molecular formula is C6H10O2. The second-order valence-corrected chi connectivity index (χ2v) is 2.93. The van der Waals surface area contributed by atoms with Gasteiger partial charge in [-0.15, -0.1) is 0 Å². The molecule has 8 heavy (non-hydrogen) atoms. The summed E-state index contributed by atoms with van der Waals surface area (Å²) < 4.78 is 0. The maximum absolute atomic E-state index is 9.05. The first-order chi connectivity index (χ1) is 3.79. The van der Waals surface area contributed by atoms with Crippen LogP contribution >= 0.6 is 0 Å². The second kappa shape index (κ2) is 1.25. The fourth-order valence-corrected chi connectivity index (χ4v) is 1.72. The Labute approximate surface area is 48.1 Å². The van der Waals surface area contributed by atoms with Crippen molar-refractivity contribution in [2.24, 2.45) is 11.8 Å². The van der Waals surface area contributed by atoms with Gasteiger partial charge < -0.3 is 10.2 Å². The maximum atomic E-state index is 9.05. The quantitative estimate of drug-likeness (QED) is 0.456. The SMILES string of the molecule is OC1CC(O)C2CC12. The normalized spacial score (nSPS) is 60.8. The zero-order valence-corrected chi connectivity index (χ0v) is 4.62. The van der Waals surface area contributed by atoms with Gasteiger partial charge in [0.2, 0.25) is 0 Å². The minimum atomic E-state index is -0.185. The molecule has 46 valence electrons. The van der Waals surface area contributed by atoms with Gasteiger partial charge in [0.1, 0.15) is 0 Å². The lowest BCUT2D eigenvalue weighted by molar-refractivity contribution is 0.106. The van der Waals surface area contributed by atoms with Crippen molar-refractivity contribution in [1.82, 2.24) is 0 Å². The van der Waals surface area contributed by atoms with Crippen LogP contribution in [0.25, 0.3) is 0 Å². The summed E-state index contributed by atoms with van der Waals surface area (Å²) in [7, 11) is 0. The average molecular weight is 114 g/mol. The van der Waals surface area contributed by atoms with Gasteiger partial charge in [-0.25, -0.2) is 0 Å². The molecule has 2 N–H and O–H groups in total. The Morgan fingerprint density at radius 1 is 0.875 bits per heavy atom. The summed E-state index contributed by atoms with van der Waals surface area (Å²) >= 11 is 0. The Hall–Kier alpha value is -0.0800. The fraction of sp³-hybridized carbons (Fsp3) is 1.00. The molecule has 2 rings (SSSR count). The summed E-state index contributed by atoms with van der Waals surface area (Å²) in [5, 5.41) is 18.1. The number of hydrogen-bond donors (Lipinski definition) is 2. The number of fused-ring (bicyclic) bond motifs is 1. The van der Waals surface area contributed by atoms with Crippen molar-refractivity contribution in [2.45, 2.75) is 25.0 Å². The molecule has 0 heterocycles. The van der Waals surface area contributed by atoms with Crippen LogP contribution in [0.1, 0.15) is 12.8 Å². The van der Waals surface area contributed by atoms with E-state index in [4.69, 9.17) is 10.2 Å². The minimum absolute atomic E-state index is 0.185. The number of hydrogen-bond acceptors (Lipinski definition) is 2. The van der Waals surface area contributed by atoms with E-state index in [1.54, 1.807) is 0 Å². The third kappa shape index (κ3) is 0.446. The summed E-state index contributed by atoms with van der Waals surface area (Å²) in [6.07, 6.45) is 1.31. The topological polar surface area (TPSA) is 40.5 Å². The molecule has 4 unspecified atom stereocenters. The molecule has 0 aromatic carbocycles. The Bertz CT molecular complexity index is 97.1. The average Bonchev–Trinajstić information content (AvgIpc) is 2.35. The van der Waals surface area contributed by atoms with Crippen LogP contribution in [0.2, 0.25) is 0 Å². The van der Waals surface area contributed by atoms with E-state index in [2.05, 4.69) is 0 Å². The first-order valence-electron chi connectivity index (χ1n) is 3.15. The van der Waals surface area contributed by atoms with Gasteiger partial charge in [0.05, 0.1) is 12.2 Å². The largest absolute Gasteiger partial charge is 0.393 e. The monoisotopic (exact) mass is 114 g/mol. The van der Waals surface area contributed by atoms with Crippen molar-refractivity contribution in [3.8, 4) is 0 Å². The van der Waals surface area contributed by atoms with Crippen LogP contribution in [-0.2, 0) is 0 Å². The van der Waals surface area contributed by atoms with Gasteiger partial charge in [0.25, 0.3) is 0 Å². The van der Waals surface area contributed by atoms with Crippen LogP contribution in [-0.4, -0.2) is 22.4 Å². The Morgan fingerprint density at radius 3 is 1.50 bits per heavy atom. The number of rotatable bonds is 0. The van der Waals surface area contributed by atoms with E-state index in [1.807, 2.05) is 0 Å². The van der Waals surface area contributed by atoms with Gasteiger partial charge in [0.15, 0.2) is 0 Å². The van der Waals surface area contributed by atoms with E-state index in [9.17, 15) is 0 Å². The van der Waals surface area contributed by atoms with Crippen molar-refractivity contribution >= 4 is 0 Å². The molecule has 4 atom stereocenters. The summed E-state index contributed by atoms with van der Waals surface area (Å²) in [4.78, 5) is 0. The highest BCUT2D eigenvalue weighted by molar-refractivity contribution is 5.02. The van der Waals surface area contributed by atoms with Crippen LogP contribution in [0.15, 0.2) is 0 Å². The van der Waals surface area contributed by atoms with E-state index >= 15 is 0 Å². The first-order valence-corrected chi connectivity index (χ1v) is 3.15. The first kappa shape index (κ1) is 4.77. The molecule has 2 aliphatic carbocycles. The van der Waals surface area contributed by atoms with Crippen molar-refractivity contribution < 1.29 is 10.2 Å². The zero-order chi connectivity index (χ0) is 5.72. The summed E-state index contributed by atoms with van der Waals surface area (Å²) in [5.74, 6) is 0.926. The molecule has 2 heteroatoms. The molecule has 0 aliphatic heterocycles. The molecule has 0 aromatic rings. The minimum Gasteiger partial charge on any atom is -0.393 e. The lowest BCUT2D eigenvalue weighted by Crippen LogP contribution is -2.10. The predicted molar refractivity (Wildman–Crippen MR) is 28.2 cm³/mol. The van der Waals surface area contributed by atoms with Gasteiger partial charge in [-0.3, -0.25) is 0 Å². The van der Waals surface area contributed by atoms with Crippen LogP contribution in [0.5, 0.6) is 0 Å². The van der Waals surface area contributed by atoms with Crippen LogP contribution < -0.4 is 0 Å². The summed E-state index contributed by atoms with van der Waals surface area (Å²) in [6, 6.07) is 0. The summed E-state index contributed by atoms with van der Waals surface area (Å²) in [5.41, 5.74) is 0. The fourth-order valence-electron chi connectivity index (χ4n) is 1.72. The molecule has 0 saturated heterocycles. The van der Waals surface area contributed by atoms with Crippen molar-refractivity contribution in [3.63, 3.8) is 0 Å². The van der Waals surface area contributed by atoms with Crippen LogP contribution in [0.3, 0.4) is 0 Å². The Kier molecular flexibility index (Phi) is 0.746. The molecule has 2 nitrogen and oxygen atoms in total. The van der Waals surface area contributed by atoms with Gasteiger partial charge in [-0.05, 0) is 24.7 Å². The van der Waals surface area contributed by atoms with Crippen molar-refractivity contribution in [1.29, 1.82) is 0 Å². The number of aliphatic hydroxyl groups is 2. The molecule has 0 aromatic heterocycles. The van der Waals surface area contributed by atoms with Gasteiger partial charge in [-0.1, -0.05) is 0 Å². The number of aliphatic hydroxyl groups excluding tert-OH is 2. The van der Waals surface area contributed by atoms with Gasteiger partial charge in [0, 0.05) is 0 Å². The Balaban J connectivity index is 2.09. The maximum Gasteiger partial charge on any atom is 0.0596 e. The molecule has 0 radical (unpaired) electrons. The smallest absolute Gasteiger partial charge is 0.0596 e. The second-order valence-electron chi connectivity index (χ2n) is 2.93. The standard InChI is InChI=1S/C6H10O2/c7-5-2-6(8)4-1-3(4)5/h3-8H,1-2H2. The molecular weight excluding hydrogens is 104 g/mol. The van der Waals surface area contributed by atoms with E-state index in [-0.39, 0.29) is 12.2 Å². The molecule has 2 saturated carbocycles. The zero-order valence-electron chi connectivity index (χ0n) is 4.62. The molecule has 2 aliphatic rings. The van der Waals surface area contributed by atoms with Crippen LogP contribution in [0, 0.1) is 11.8 Å². The lowest BCUT2D eigenvalue weighted by Gasteiger charge is -2.03. The van der Waals surface area contributed by atoms with E-state index < -0.39 is 0 Å². The lowest BCUT2D eigenvalue weighted by atomic mass is 10.2. The molecule has 2 fully saturated rings. The van der Waals surface area contributed by atoms with Crippen molar-refractivity contribution in [2.75, 3.05) is 0 Å². The predicted octanol–water partition coefficient (Wildman–Crippen LogP) is -0.252. The highest BCUT2D eigenvalue weighted by Crippen LogP contribution is 2.51. The molecule has 0 spiro atoms. The summed E-state index contributed by atoms with van der Waals surface area (Å²) in [6.45, 7) is 0. The van der Waals surface area contributed by atoms with E-state index in [0.29, 0.717) is 18.3 Å². The molecule has 0 bridgehead atoms. The van der Waals surface area contributed by atoms with E-state index in [1.165, 1.54) is 0 Å². The third-order valence-corrected chi connectivity index (χ3v) is 2.36. The van der Waals surface area contributed by atoms with Gasteiger partial charge >= 0.3 is 0 Å². The highest BCUT2D eigenvalue weighted by atomic mass is 16.3. The van der Waals surface area contributed by atoms with Gasteiger partial charge in [-0.2, -0.15) is 0 Å².